The van der Waals surface area contributed by atoms with Gasteiger partial charge in [-0.25, -0.2) is 4.79 Å². The molecule has 0 saturated carbocycles. The van der Waals surface area contributed by atoms with Crippen LogP contribution in [0.5, 0.6) is 0 Å². The molecule has 0 aromatic heterocycles. The number of hydrogen-bond donors (Lipinski definition) is 2. The van der Waals surface area contributed by atoms with Crippen molar-refractivity contribution in [2.45, 2.75) is 19.3 Å². The van der Waals surface area contributed by atoms with Gasteiger partial charge in [-0.1, -0.05) is 30.3 Å². The summed E-state index contributed by atoms with van der Waals surface area (Å²) >= 11 is 0. The molecule has 0 radical (unpaired) electrons. The largest absolute Gasteiger partial charge is 0.481 e. The summed E-state index contributed by atoms with van der Waals surface area (Å²) in [7, 11) is 0. The van der Waals surface area contributed by atoms with Gasteiger partial charge in [0.05, 0.1) is 5.92 Å². The number of carbonyl (C=O) groups excluding carboxylic acids is 1. The summed E-state index contributed by atoms with van der Waals surface area (Å²) in [6, 6.07) is 9.98. The number of nitrogens with one attached hydrogen (secondary N) is 1. The van der Waals surface area contributed by atoms with E-state index >= 15 is 0 Å². The molecule has 2 rings (SSSR count). The molecule has 1 saturated heterocycles. The Balaban J connectivity index is 1.65. The SMILES string of the molecule is O=C(O)C1CCN(C(=O)NCCCc2ccccc2)C1. The van der Waals surface area contributed by atoms with E-state index in [1.807, 2.05) is 18.2 Å². The zero-order chi connectivity index (χ0) is 14.4. The first-order valence-electron chi connectivity index (χ1n) is 6.96. The lowest BCUT2D eigenvalue weighted by Crippen LogP contribution is -2.39. The van der Waals surface area contributed by atoms with Crippen LogP contribution < -0.4 is 5.32 Å². The number of aryl methyl sites for hydroxylation is 1. The average Bonchev–Trinajstić information content (AvgIpc) is 2.94. The maximum absolute atomic E-state index is 11.8. The number of carboxylic acids is 1. The van der Waals surface area contributed by atoms with Crippen molar-refractivity contribution in [3.05, 3.63) is 35.9 Å². The maximum atomic E-state index is 11.8. The number of carboxylic acid groups (broad SMARTS) is 1. The van der Waals surface area contributed by atoms with Crippen LogP contribution in [-0.2, 0) is 11.2 Å². The van der Waals surface area contributed by atoms with Crippen LogP contribution in [0, 0.1) is 5.92 Å². The summed E-state index contributed by atoms with van der Waals surface area (Å²) in [5.74, 6) is -1.23. The molecule has 1 aliphatic rings. The zero-order valence-corrected chi connectivity index (χ0v) is 11.4. The standard InChI is InChI=1S/C15H20N2O3/c18-14(19)13-8-10-17(11-13)15(20)16-9-4-7-12-5-2-1-3-6-12/h1-3,5-6,13H,4,7-11H2,(H,16,20)(H,18,19). The maximum Gasteiger partial charge on any atom is 0.317 e. The first kappa shape index (κ1) is 14.4. The zero-order valence-electron chi connectivity index (χ0n) is 11.4. The quantitative estimate of drug-likeness (QED) is 0.805. The fourth-order valence-electron chi connectivity index (χ4n) is 2.39. The van der Waals surface area contributed by atoms with Crippen LogP contribution in [0.4, 0.5) is 4.79 Å². The van der Waals surface area contributed by atoms with Gasteiger partial charge in [0.25, 0.3) is 0 Å². The van der Waals surface area contributed by atoms with Gasteiger partial charge in [-0.05, 0) is 24.8 Å². The average molecular weight is 276 g/mol. The number of hydrogen-bond acceptors (Lipinski definition) is 2. The van der Waals surface area contributed by atoms with E-state index in [9.17, 15) is 9.59 Å². The molecule has 1 aliphatic heterocycles. The fourth-order valence-corrected chi connectivity index (χ4v) is 2.39. The second kappa shape index (κ2) is 6.93. The van der Waals surface area contributed by atoms with E-state index < -0.39 is 11.9 Å². The Morgan fingerprint density at radius 2 is 2.05 bits per heavy atom. The van der Waals surface area contributed by atoms with Crippen LogP contribution in [0.15, 0.2) is 30.3 Å². The molecule has 108 valence electrons. The first-order chi connectivity index (χ1) is 9.66. The highest BCUT2D eigenvalue weighted by molar-refractivity contribution is 5.77. The number of rotatable bonds is 5. The minimum absolute atomic E-state index is 0.151. The van der Waals surface area contributed by atoms with Gasteiger partial charge in [-0.15, -0.1) is 0 Å². The van der Waals surface area contributed by atoms with Gasteiger partial charge in [0.1, 0.15) is 0 Å². The molecule has 1 atom stereocenters. The molecule has 20 heavy (non-hydrogen) atoms. The number of urea groups is 1. The molecule has 0 aliphatic carbocycles. The van der Waals surface area contributed by atoms with E-state index in [2.05, 4.69) is 17.4 Å². The molecule has 2 amide bonds. The van der Waals surface area contributed by atoms with E-state index in [1.54, 1.807) is 4.90 Å². The Morgan fingerprint density at radius 1 is 1.30 bits per heavy atom. The van der Waals surface area contributed by atoms with Crippen molar-refractivity contribution in [1.82, 2.24) is 10.2 Å². The number of aliphatic carboxylic acids is 1. The number of likely N-dealkylation sites (tertiary alicyclic amines) is 1. The van der Waals surface area contributed by atoms with Crippen molar-refractivity contribution in [1.29, 1.82) is 0 Å². The lowest BCUT2D eigenvalue weighted by Gasteiger charge is -2.16. The van der Waals surface area contributed by atoms with E-state index in [4.69, 9.17) is 5.11 Å². The number of nitrogens with zero attached hydrogens (tertiary/aromatic N) is 1. The Kier molecular flexibility index (Phi) is 4.98. The van der Waals surface area contributed by atoms with Gasteiger partial charge in [0, 0.05) is 19.6 Å². The molecular weight excluding hydrogens is 256 g/mol. The second-order valence-electron chi connectivity index (χ2n) is 5.09. The minimum Gasteiger partial charge on any atom is -0.481 e. The summed E-state index contributed by atoms with van der Waals surface area (Å²) in [6.07, 6.45) is 2.36. The van der Waals surface area contributed by atoms with E-state index in [-0.39, 0.29) is 6.03 Å². The summed E-state index contributed by atoms with van der Waals surface area (Å²) in [5.41, 5.74) is 1.26. The predicted octanol–water partition coefficient (Wildman–Crippen LogP) is 1.74. The Hall–Kier alpha value is -2.04. The smallest absolute Gasteiger partial charge is 0.317 e. The number of carbonyl (C=O) groups is 2. The molecule has 5 nitrogen and oxygen atoms in total. The molecule has 1 aromatic carbocycles. The molecule has 5 heteroatoms. The van der Waals surface area contributed by atoms with Gasteiger partial charge >= 0.3 is 12.0 Å². The van der Waals surface area contributed by atoms with Crippen LogP contribution in [0.25, 0.3) is 0 Å². The minimum atomic E-state index is -0.815. The van der Waals surface area contributed by atoms with Crippen molar-refractivity contribution < 1.29 is 14.7 Å². The van der Waals surface area contributed by atoms with Crippen molar-refractivity contribution in [2.75, 3.05) is 19.6 Å². The summed E-state index contributed by atoms with van der Waals surface area (Å²) in [5, 5.41) is 11.7. The summed E-state index contributed by atoms with van der Waals surface area (Å²) < 4.78 is 0. The Bertz CT molecular complexity index is 461. The van der Waals surface area contributed by atoms with Crippen LogP contribution in [0.3, 0.4) is 0 Å². The first-order valence-corrected chi connectivity index (χ1v) is 6.96. The third-order valence-corrected chi connectivity index (χ3v) is 3.59. The van der Waals surface area contributed by atoms with Crippen molar-refractivity contribution in [3.8, 4) is 0 Å². The third-order valence-electron chi connectivity index (χ3n) is 3.59. The second-order valence-corrected chi connectivity index (χ2v) is 5.09. The van der Waals surface area contributed by atoms with Gasteiger partial charge in [-0.2, -0.15) is 0 Å². The molecule has 1 aromatic rings. The summed E-state index contributed by atoms with van der Waals surface area (Å²) in [4.78, 5) is 24.3. The predicted molar refractivity (Wildman–Crippen MR) is 75.5 cm³/mol. The molecule has 2 N–H and O–H groups in total. The van der Waals surface area contributed by atoms with Crippen molar-refractivity contribution in [2.24, 2.45) is 5.92 Å². The summed E-state index contributed by atoms with van der Waals surface area (Å²) in [6.45, 7) is 1.46. The van der Waals surface area contributed by atoms with Gasteiger partial charge in [0.2, 0.25) is 0 Å². The topological polar surface area (TPSA) is 69.6 Å². The van der Waals surface area contributed by atoms with Crippen molar-refractivity contribution >= 4 is 12.0 Å². The molecular formula is C15H20N2O3. The van der Waals surface area contributed by atoms with Crippen molar-refractivity contribution in [3.63, 3.8) is 0 Å². The molecule has 0 spiro atoms. The van der Waals surface area contributed by atoms with E-state index in [0.717, 1.165) is 12.8 Å². The van der Waals surface area contributed by atoms with E-state index in [0.29, 0.717) is 26.1 Å². The number of amides is 2. The molecule has 1 unspecified atom stereocenters. The van der Waals surface area contributed by atoms with Gasteiger partial charge in [0.15, 0.2) is 0 Å². The van der Waals surface area contributed by atoms with E-state index in [1.165, 1.54) is 5.56 Å². The highest BCUT2D eigenvalue weighted by atomic mass is 16.4. The highest BCUT2D eigenvalue weighted by Gasteiger charge is 2.30. The van der Waals surface area contributed by atoms with Crippen LogP contribution in [-0.4, -0.2) is 41.6 Å². The Labute approximate surface area is 118 Å². The molecule has 1 heterocycles. The lowest BCUT2D eigenvalue weighted by atomic mass is 10.1. The van der Waals surface area contributed by atoms with Gasteiger partial charge < -0.3 is 15.3 Å². The Morgan fingerprint density at radius 3 is 2.70 bits per heavy atom. The van der Waals surface area contributed by atoms with Gasteiger partial charge in [-0.3, -0.25) is 4.79 Å². The third kappa shape index (κ3) is 3.98. The molecule has 1 fully saturated rings. The van der Waals surface area contributed by atoms with Crippen LogP contribution in [0.2, 0.25) is 0 Å². The monoisotopic (exact) mass is 276 g/mol. The van der Waals surface area contributed by atoms with Crippen LogP contribution >= 0.6 is 0 Å². The van der Waals surface area contributed by atoms with Crippen LogP contribution in [0.1, 0.15) is 18.4 Å². The lowest BCUT2D eigenvalue weighted by molar-refractivity contribution is -0.141. The molecule has 0 bridgehead atoms. The fraction of sp³-hybridized carbons (Fsp3) is 0.467. The highest BCUT2D eigenvalue weighted by Crippen LogP contribution is 2.16. The number of benzene rings is 1. The normalized spacial score (nSPS) is 18.0.